The van der Waals surface area contributed by atoms with Crippen LogP contribution in [0.4, 0.5) is 8.78 Å². The highest BCUT2D eigenvalue weighted by molar-refractivity contribution is 7.10. The highest BCUT2D eigenvalue weighted by Gasteiger charge is 2.16. The number of benzene rings is 1. The van der Waals surface area contributed by atoms with Crippen molar-refractivity contribution in [3.63, 3.8) is 0 Å². The third-order valence-corrected chi connectivity index (χ3v) is 4.43. The van der Waals surface area contributed by atoms with Crippen LogP contribution in [-0.4, -0.2) is 15.9 Å². The maximum Gasteiger partial charge on any atom is 0.251 e. The Morgan fingerprint density at radius 1 is 1.17 bits per heavy atom. The van der Waals surface area contributed by atoms with Gasteiger partial charge in [0.15, 0.2) is 11.6 Å². The second-order valence-electron chi connectivity index (χ2n) is 5.13. The second-order valence-corrected chi connectivity index (χ2v) is 6.02. The number of rotatable bonds is 4. The zero-order chi connectivity index (χ0) is 17.1. The SMILES string of the molecule is CC(NC(=O)c1ccc(F)c(F)c1)c1nc(-c2ccncc2)cs1. The first-order valence-corrected chi connectivity index (χ1v) is 8.04. The lowest BCUT2D eigenvalue weighted by molar-refractivity contribution is 0.0939. The normalized spacial score (nSPS) is 12.0. The molecule has 0 aliphatic rings. The molecule has 24 heavy (non-hydrogen) atoms. The first-order valence-electron chi connectivity index (χ1n) is 7.16. The third-order valence-electron chi connectivity index (χ3n) is 3.40. The number of hydrogen-bond donors (Lipinski definition) is 1. The predicted molar refractivity (Wildman–Crippen MR) is 87.6 cm³/mol. The number of halogens is 2. The minimum Gasteiger partial charge on any atom is -0.343 e. The molecule has 1 unspecified atom stereocenters. The Balaban J connectivity index is 1.73. The van der Waals surface area contributed by atoms with Crippen LogP contribution in [0.25, 0.3) is 11.3 Å². The maximum absolute atomic E-state index is 13.2. The quantitative estimate of drug-likeness (QED) is 0.778. The summed E-state index contributed by atoms with van der Waals surface area (Å²) in [7, 11) is 0. The number of hydrogen-bond acceptors (Lipinski definition) is 4. The Morgan fingerprint density at radius 3 is 2.62 bits per heavy atom. The van der Waals surface area contributed by atoms with E-state index in [9.17, 15) is 13.6 Å². The van der Waals surface area contributed by atoms with E-state index < -0.39 is 17.5 Å². The minimum atomic E-state index is -1.05. The Hall–Kier alpha value is -2.67. The molecule has 0 bridgehead atoms. The van der Waals surface area contributed by atoms with Crippen LogP contribution in [0.1, 0.15) is 28.3 Å². The summed E-state index contributed by atoms with van der Waals surface area (Å²) in [6.07, 6.45) is 3.37. The fourth-order valence-electron chi connectivity index (χ4n) is 2.12. The van der Waals surface area contributed by atoms with E-state index in [2.05, 4.69) is 15.3 Å². The summed E-state index contributed by atoms with van der Waals surface area (Å²) in [5.74, 6) is -2.52. The van der Waals surface area contributed by atoms with Gasteiger partial charge < -0.3 is 5.32 Å². The second kappa shape index (κ2) is 6.84. The Kier molecular flexibility index (Phi) is 4.61. The number of thiazole rings is 1. The van der Waals surface area contributed by atoms with E-state index in [1.165, 1.54) is 17.4 Å². The Bertz CT molecular complexity index is 867. The number of aromatic nitrogens is 2. The van der Waals surface area contributed by atoms with Crippen LogP contribution in [0.15, 0.2) is 48.1 Å². The van der Waals surface area contributed by atoms with Crippen LogP contribution in [0.3, 0.4) is 0 Å². The molecule has 1 atom stereocenters. The monoisotopic (exact) mass is 345 g/mol. The van der Waals surface area contributed by atoms with Crippen LogP contribution in [-0.2, 0) is 0 Å². The van der Waals surface area contributed by atoms with Gasteiger partial charge in [0.05, 0.1) is 11.7 Å². The van der Waals surface area contributed by atoms with E-state index in [4.69, 9.17) is 0 Å². The van der Waals surface area contributed by atoms with Gasteiger partial charge >= 0.3 is 0 Å². The van der Waals surface area contributed by atoms with Crippen molar-refractivity contribution in [3.05, 3.63) is 70.3 Å². The number of carbonyl (C=O) groups is 1. The van der Waals surface area contributed by atoms with E-state index in [1.807, 2.05) is 17.5 Å². The first-order chi connectivity index (χ1) is 11.5. The van der Waals surface area contributed by atoms with Crippen molar-refractivity contribution in [2.45, 2.75) is 13.0 Å². The van der Waals surface area contributed by atoms with E-state index in [-0.39, 0.29) is 11.6 Å². The summed E-state index contributed by atoms with van der Waals surface area (Å²) < 4.78 is 26.2. The molecule has 7 heteroatoms. The first kappa shape index (κ1) is 16.2. The van der Waals surface area contributed by atoms with Gasteiger partial charge in [-0.3, -0.25) is 9.78 Å². The highest BCUT2D eigenvalue weighted by Crippen LogP contribution is 2.25. The van der Waals surface area contributed by atoms with Crippen molar-refractivity contribution in [3.8, 4) is 11.3 Å². The van der Waals surface area contributed by atoms with Crippen molar-refractivity contribution < 1.29 is 13.6 Å². The fourth-order valence-corrected chi connectivity index (χ4v) is 2.96. The Labute approximate surface area is 141 Å². The van der Waals surface area contributed by atoms with Gasteiger partial charge in [-0.15, -0.1) is 11.3 Å². The molecule has 0 saturated heterocycles. The topological polar surface area (TPSA) is 54.9 Å². The molecule has 1 aromatic carbocycles. The van der Waals surface area contributed by atoms with Gasteiger partial charge in [-0.2, -0.15) is 0 Å². The summed E-state index contributed by atoms with van der Waals surface area (Å²) in [6.45, 7) is 1.78. The van der Waals surface area contributed by atoms with Gasteiger partial charge in [-0.05, 0) is 37.3 Å². The lowest BCUT2D eigenvalue weighted by Crippen LogP contribution is -2.26. The van der Waals surface area contributed by atoms with Gasteiger partial charge in [0.25, 0.3) is 5.91 Å². The van der Waals surface area contributed by atoms with Crippen molar-refractivity contribution in [2.75, 3.05) is 0 Å². The van der Waals surface area contributed by atoms with E-state index in [0.717, 1.165) is 28.4 Å². The van der Waals surface area contributed by atoms with E-state index in [0.29, 0.717) is 0 Å². The lowest BCUT2D eigenvalue weighted by Gasteiger charge is -2.11. The summed E-state index contributed by atoms with van der Waals surface area (Å²) in [4.78, 5) is 20.6. The predicted octanol–water partition coefficient (Wildman–Crippen LogP) is 3.97. The van der Waals surface area contributed by atoms with Crippen molar-refractivity contribution in [2.24, 2.45) is 0 Å². The van der Waals surface area contributed by atoms with Gasteiger partial charge in [0.2, 0.25) is 0 Å². The zero-order valence-electron chi connectivity index (χ0n) is 12.7. The van der Waals surface area contributed by atoms with Crippen LogP contribution < -0.4 is 5.32 Å². The molecular formula is C17H13F2N3OS. The summed E-state index contributed by atoms with van der Waals surface area (Å²) >= 11 is 1.41. The molecule has 2 heterocycles. The lowest BCUT2D eigenvalue weighted by atomic mass is 10.2. The van der Waals surface area contributed by atoms with Crippen LogP contribution in [0.5, 0.6) is 0 Å². The molecule has 1 N–H and O–H groups in total. The van der Waals surface area contributed by atoms with Crippen molar-refractivity contribution in [1.82, 2.24) is 15.3 Å². The molecule has 0 saturated carbocycles. The largest absolute Gasteiger partial charge is 0.343 e. The number of carbonyl (C=O) groups excluding carboxylic acids is 1. The summed E-state index contributed by atoms with van der Waals surface area (Å²) in [6, 6.07) is 6.39. The van der Waals surface area contributed by atoms with Gasteiger partial charge in [-0.25, -0.2) is 13.8 Å². The molecule has 1 amide bonds. The fraction of sp³-hybridized carbons (Fsp3) is 0.118. The molecular weight excluding hydrogens is 332 g/mol. The molecule has 4 nitrogen and oxygen atoms in total. The number of amides is 1. The standard InChI is InChI=1S/C17H13F2N3OS/c1-10(21-16(23)12-2-3-13(18)14(19)8-12)17-22-15(9-24-17)11-4-6-20-7-5-11/h2-10H,1H3,(H,21,23). The molecule has 0 fully saturated rings. The smallest absolute Gasteiger partial charge is 0.251 e. The average molecular weight is 345 g/mol. The van der Waals surface area contributed by atoms with Crippen LogP contribution in [0, 0.1) is 11.6 Å². The molecule has 2 aromatic heterocycles. The van der Waals surface area contributed by atoms with Crippen LogP contribution >= 0.6 is 11.3 Å². The van der Waals surface area contributed by atoms with E-state index >= 15 is 0 Å². The minimum absolute atomic E-state index is 0.0617. The van der Waals surface area contributed by atoms with Gasteiger partial charge in [0, 0.05) is 28.9 Å². The third kappa shape index (κ3) is 3.46. The van der Waals surface area contributed by atoms with Crippen LogP contribution in [0.2, 0.25) is 0 Å². The van der Waals surface area contributed by atoms with Crippen molar-refractivity contribution in [1.29, 1.82) is 0 Å². The van der Waals surface area contributed by atoms with Gasteiger partial charge in [0.1, 0.15) is 5.01 Å². The highest BCUT2D eigenvalue weighted by atomic mass is 32.1. The molecule has 3 rings (SSSR count). The zero-order valence-corrected chi connectivity index (χ0v) is 13.5. The van der Waals surface area contributed by atoms with E-state index in [1.54, 1.807) is 19.3 Å². The summed E-state index contributed by atoms with van der Waals surface area (Å²) in [5.41, 5.74) is 1.80. The molecule has 122 valence electrons. The van der Waals surface area contributed by atoms with Crippen molar-refractivity contribution >= 4 is 17.2 Å². The molecule has 0 aliphatic heterocycles. The number of pyridine rings is 1. The molecule has 3 aromatic rings. The number of nitrogens with zero attached hydrogens (tertiary/aromatic N) is 2. The number of nitrogens with one attached hydrogen (secondary N) is 1. The summed E-state index contributed by atoms with van der Waals surface area (Å²) in [5, 5.41) is 5.35. The maximum atomic E-state index is 13.2. The van der Waals surface area contributed by atoms with Gasteiger partial charge in [-0.1, -0.05) is 0 Å². The molecule has 0 aliphatic carbocycles. The molecule has 0 spiro atoms. The Morgan fingerprint density at radius 2 is 1.92 bits per heavy atom. The average Bonchev–Trinajstić information content (AvgIpc) is 3.08. The molecule has 0 radical (unpaired) electrons.